The fourth-order valence-corrected chi connectivity index (χ4v) is 5.59. The molecule has 2 saturated heterocycles. The standard InChI is InChI=1S/C22H21F2N5O7S/c1-22(14-2-4-15(5-3-14)29(33)34)20(31)28(21(32)25-22)13-19(30)26-8-10-27(11-9-26)37(35,36)16-6-7-17(23)18(24)12-16/h2-7,12H,8-11,13H2,1H3,(H,25,32)/t22-/m1/s1. The Morgan fingerprint density at radius 2 is 1.68 bits per heavy atom. The lowest BCUT2D eigenvalue weighted by atomic mass is 9.92. The van der Waals surface area contributed by atoms with Crippen LogP contribution in [-0.4, -0.2) is 78.0 Å². The first-order valence-corrected chi connectivity index (χ1v) is 12.4. The van der Waals surface area contributed by atoms with E-state index >= 15 is 0 Å². The molecule has 2 aromatic carbocycles. The van der Waals surface area contributed by atoms with Crippen molar-refractivity contribution < 1.29 is 36.5 Å². The second-order valence-electron chi connectivity index (χ2n) is 8.61. The van der Waals surface area contributed by atoms with Gasteiger partial charge in [0.1, 0.15) is 12.1 Å². The predicted octanol–water partition coefficient (Wildman–Crippen LogP) is 1.17. The fourth-order valence-electron chi connectivity index (χ4n) is 4.15. The van der Waals surface area contributed by atoms with E-state index in [1.165, 1.54) is 36.1 Å². The van der Waals surface area contributed by atoms with E-state index in [0.29, 0.717) is 17.7 Å². The molecule has 15 heteroatoms. The van der Waals surface area contributed by atoms with Gasteiger partial charge in [0, 0.05) is 38.3 Å². The Labute approximate surface area is 209 Å². The second-order valence-corrected chi connectivity index (χ2v) is 10.5. The number of carbonyl (C=O) groups excluding carboxylic acids is 3. The highest BCUT2D eigenvalue weighted by molar-refractivity contribution is 7.89. The van der Waals surface area contributed by atoms with Crippen LogP contribution in [-0.2, 0) is 25.2 Å². The van der Waals surface area contributed by atoms with Gasteiger partial charge in [-0.1, -0.05) is 0 Å². The lowest BCUT2D eigenvalue weighted by Gasteiger charge is -2.34. The van der Waals surface area contributed by atoms with Crippen molar-refractivity contribution in [1.29, 1.82) is 0 Å². The normalized spacial score (nSPS) is 20.7. The number of amides is 4. The quantitative estimate of drug-likeness (QED) is 0.330. The van der Waals surface area contributed by atoms with E-state index < -0.39 is 61.4 Å². The van der Waals surface area contributed by atoms with Crippen molar-refractivity contribution in [2.24, 2.45) is 0 Å². The molecule has 4 rings (SSSR count). The molecular formula is C22H21F2N5O7S. The van der Waals surface area contributed by atoms with E-state index in [1.54, 1.807) is 0 Å². The van der Waals surface area contributed by atoms with Gasteiger partial charge < -0.3 is 10.2 Å². The molecule has 2 aromatic rings. The first-order valence-electron chi connectivity index (χ1n) is 11.0. The molecule has 0 aliphatic carbocycles. The van der Waals surface area contributed by atoms with E-state index in [1.807, 2.05) is 0 Å². The molecule has 2 heterocycles. The van der Waals surface area contributed by atoms with Crippen LogP contribution >= 0.6 is 0 Å². The molecule has 1 atom stereocenters. The van der Waals surface area contributed by atoms with Gasteiger partial charge in [-0.2, -0.15) is 4.31 Å². The third kappa shape index (κ3) is 4.74. The molecule has 2 aliphatic heterocycles. The largest absolute Gasteiger partial charge is 0.338 e. The maximum absolute atomic E-state index is 13.5. The number of halogens is 2. The number of urea groups is 1. The summed E-state index contributed by atoms with van der Waals surface area (Å²) >= 11 is 0. The van der Waals surface area contributed by atoms with Crippen LogP contribution in [0.4, 0.5) is 19.3 Å². The summed E-state index contributed by atoms with van der Waals surface area (Å²) in [5.74, 6) is -3.80. The van der Waals surface area contributed by atoms with Crippen LogP contribution in [0.1, 0.15) is 12.5 Å². The number of nitro benzene ring substituents is 1. The summed E-state index contributed by atoms with van der Waals surface area (Å²) in [5, 5.41) is 13.4. The van der Waals surface area contributed by atoms with Crippen molar-refractivity contribution in [3.8, 4) is 0 Å². The minimum atomic E-state index is -4.13. The van der Waals surface area contributed by atoms with Gasteiger partial charge in [0.25, 0.3) is 11.6 Å². The maximum atomic E-state index is 13.5. The highest BCUT2D eigenvalue weighted by Crippen LogP contribution is 2.30. The minimum absolute atomic E-state index is 0.0506. The number of sulfonamides is 1. The average molecular weight is 538 g/mol. The third-order valence-corrected chi connectivity index (χ3v) is 8.24. The molecule has 196 valence electrons. The Kier molecular flexibility index (Phi) is 6.68. The van der Waals surface area contributed by atoms with Gasteiger partial charge in [-0.05, 0) is 42.8 Å². The zero-order valence-electron chi connectivity index (χ0n) is 19.4. The number of nitrogens with zero attached hydrogens (tertiary/aromatic N) is 4. The summed E-state index contributed by atoms with van der Waals surface area (Å²) in [7, 11) is -4.13. The van der Waals surface area contributed by atoms with Crippen molar-refractivity contribution in [3.05, 3.63) is 69.8 Å². The fraction of sp³-hybridized carbons (Fsp3) is 0.318. The molecule has 4 amide bonds. The SMILES string of the molecule is C[C@]1(c2ccc([N+](=O)[O-])cc2)NC(=O)N(CC(=O)N2CCN(S(=O)(=O)c3ccc(F)c(F)c3)CC2)C1=O. The van der Waals surface area contributed by atoms with Crippen LogP contribution in [0.3, 0.4) is 0 Å². The van der Waals surface area contributed by atoms with Crippen LogP contribution in [0, 0.1) is 21.7 Å². The van der Waals surface area contributed by atoms with Gasteiger partial charge in [0.2, 0.25) is 15.9 Å². The second kappa shape index (κ2) is 9.48. The Balaban J connectivity index is 1.40. The van der Waals surface area contributed by atoms with E-state index in [4.69, 9.17) is 0 Å². The van der Waals surface area contributed by atoms with E-state index in [2.05, 4.69) is 5.32 Å². The molecule has 2 aliphatic rings. The number of piperazine rings is 1. The van der Waals surface area contributed by atoms with Crippen LogP contribution in [0.15, 0.2) is 47.4 Å². The molecule has 1 N–H and O–H groups in total. The summed E-state index contributed by atoms with van der Waals surface area (Å²) in [6.07, 6.45) is 0. The minimum Gasteiger partial charge on any atom is -0.338 e. The van der Waals surface area contributed by atoms with Crippen molar-refractivity contribution in [2.75, 3.05) is 32.7 Å². The monoisotopic (exact) mass is 537 g/mol. The number of non-ortho nitro benzene ring substituents is 1. The molecule has 0 saturated carbocycles. The summed E-state index contributed by atoms with van der Waals surface area (Å²) in [6, 6.07) is 6.50. The van der Waals surface area contributed by atoms with Crippen LogP contribution in [0.5, 0.6) is 0 Å². The van der Waals surface area contributed by atoms with E-state index in [0.717, 1.165) is 15.3 Å². The van der Waals surface area contributed by atoms with Gasteiger partial charge in [-0.25, -0.2) is 22.0 Å². The summed E-state index contributed by atoms with van der Waals surface area (Å²) in [5.41, 5.74) is -1.44. The van der Waals surface area contributed by atoms with Crippen LogP contribution in [0.2, 0.25) is 0 Å². The molecule has 0 radical (unpaired) electrons. The number of hydrogen-bond donors (Lipinski definition) is 1. The lowest BCUT2D eigenvalue weighted by Crippen LogP contribution is -2.53. The van der Waals surface area contributed by atoms with Gasteiger partial charge in [0.15, 0.2) is 11.6 Å². The maximum Gasteiger partial charge on any atom is 0.325 e. The van der Waals surface area contributed by atoms with Crippen molar-refractivity contribution in [2.45, 2.75) is 17.4 Å². The number of benzene rings is 2. The smallest absolute Gasteiger partial charge is 0.325 e. The Morgan fingerprint density at radius 3 is 2.24 bits per heavy atom. The zero-order valence-corrected chi connectivity index (χ0v) is 20.2. The van der Waals surface area contributed by atoms with E-state index in [9.17, 15) is 41.7 Å². The number of carbonyl (C=O) groups is 3. The molecule has 2 fully saturated rings. The molecule has 0 aromatic heterocycles. The number of imide groups is 1. The van der Waals surface area contributed by atoms with Crippen molar-refractivity contribution >= 4 is 33.6 Å². The number of rotatable bonds is 6. The molecule has 0 unspecified atom stereocenters. The van der Waals surface area contributed by atoms with Crippen molar-refractivity contribution in [3.63, 3.8) is 0 Å². The first kappa shape index (κ1) is 26.1. The number of hydrogen-bond acceptors (Lipinski definition) is 7. The first-order chi connectivity index (χ1) is 17.3. The Hall–Kier alpha value is -3.98. The van der Waals surface area contributed by atoms with Crippen molar-refractivity contribution in [1.82, 2.24) is 19.4 Å². The lowest BCUT2D eigenvalue weighted by molar-refractivity contribution is -0.384. The van der Waals surface area contributed by atoms with Gasteiger partial charge in [0.05, 0.1) is 9.82 Å². The van der Waals surface area contributed by atoms with Crippen LogP contribution < -0.4 is 5.32 Å². The highest BCUT2D eigenvalue weighted by atomic mass is 32.2. The Bertz CT molecular complexity index is 1390. The van der Waals surface area contributed by atoms with E-state index in [-0.39, 0.29) is 31.9 Å². The number of nitro groups is 1. The molecule has 37 heavy (non-hydrogen) atoms. The summed E-state index contributed by atoms with van der Waals surface area (Å²) in [6.45, 7) is 0.460. The summed E-state index contributed by atoms with van der Waals surface area (Å²) in [4.78, 5) is 50.3. The van der Waals surface area contributed by atoms with Gasteiger partial charge in [-0.3, -0.25) is 24.6 Å². The molecular weight excluding hydrogens is 516 g/mol. The highest BCUT2D eigenvalue weighted by Gasteiger charge is 2.50. The Morgan fingerprint density at radius 1 is 1.05 bits per heavy atom. The molecule has 12 nitrogen and oxygen atoms in total. The molecule has 0 spiro atoms. The number of nitrogens with one attached hydrogen (secondary N) is 1. The average Bonchev–Trinajstić information content (AvgIpc) is 3.09. The summed E-state index contributed by atoms with van der Waals surface area (Å²) < 4.78 is 53.2. The van der Waals surface area contributed by atoms with Gasteiger partial charge >= 0.3 is 6.03 Å². The van der Waals surface area contributed by atoms with Gasteiger partial charge in [-0.15, -0.1) is 0 Å². The topological polar surface area (TPSA) is 150 Å². The zero-order chi connectivity index (χ0) is 27.1. The van der Waals surface area contributed by atoms with Crippen LogP contribution in [0.25, 0.3) is 0 Å². The third-order valence-electron chi connectivity index (χ3n) is 6.34. The molecule has 0 bridgehead atoms. The predicted molar refractivity (Wildman–Crippen MR) is 122 cm³/mol.